The molecule has 1 saturated heterocycles. The van der Waals surface area contributed by atoms with E-state index in [1.807, 2.05) is 30.3 Å². The van der Waals surface area contributed by atoms with Crippen LogP contribution in [0.15, 0.2) is 30.3 Å². The first-order valence-electron chi connectivity index (χ1n) is 7.72. The van der Waals surface area contributed by atoms with E-state index in [0.29, 0.717) is 19.6 Å². The highest BCUT2D eigenvalue weighted by atomic mass is 32.2. The number of amides is 1. The van der Waals surface area contributed by atoms with Gasteiger partial charge < -0.3 is 9.64 Å². The number of sulfonamides is 1. The molecule has 1 aromatic carbocycles. The van der Waals surface area contributed by atoms with Crippen LogP contribution in [0.3, 0.4) is 0 Å². The fraction of sp³-hybridized carbons (Fsp3) is 0.562. The number of nitrogens with zero attached hydrogens (tertiary/aromatic N) is 1. The van der Waals surface area contributed by atoms with Gasteiger partial charge in [-0.15, -0.1) is 0 Å². The molecule has 128 valence electrons. The molecule has 2 atom stereocenters. The number of carbonyl (C=O) groups excluding carboxylic acids is 1. The van der Waals surface area contributed by atoms with Crippen LogP contribution in [-0.4, -0.2) is 52.2 Å². The fourth-order valence-electron chi connectivity index (χ4n) is 2.87. The average molecular weight is 340 g/mol. The summed E-state index contributed by atoms with van der Waals surface area (Å²) in [6, 6.07) is 9.40. The second-order valence-corrected chi connectivity index (χ2v) is 7.77. The van der Waals surface area contributed by atoms with Gasteiger partial charge in [0.25, 0.3) is 5.91 Å². The van der Waals surface area contributed by atoms with E-state index in [0.717, 1.165) is 24.7 Å². The molecule has 0 spiro atoms. The van der Waals surface area contributed by atoms with Gasteiger partial charge >= 0.3 is 0 Å². The predicted octanol–water partition coefficient (Wildman–Crippen LogP) is 1.16. The quantitative estimate of drug-likeness (QED) is 0.843. The minimum Gasteiger partial charge on any atom is -0.367 e. The highest BCUT2D eigenvalue weighted by Gasteiger charge is 2.30. The summed E-state index contributed by atoms with van der Waals surface area (Å²) in [7, 11) is -1.67. The minimum atomic E-state index is -3.20. The minimum absolute atomic E-state index is 0.0669. The normalized spacial score (nSPS) is 20.3. The number of nitrogens with one attached hydrogen (secondary N) is 1. The van der Waals surface area contributed by atoms with Crippen LogP contribution in [0, 0.1) is 5.92 Å². The number of hydrogen-bond acceptors (Lipinski definition) is 4. The smallest absolute Gasteiger partial charge is 0.256 e. The van der Waals surface area contributed by atoms with Crippen molar-refractivity contribution in [3.63, 3.8) is 0 Å². The third-order valence-electron chi connectivity index (χ3n) is 4.03. The summed E-state index contributed by atoms with van der Waals surface area (Å²) >= 11 is 0. The molecule has 2 rings (SSSR count). The SMILES string of the molecule is CO[C@@H](C(=O)N1CCC[C@H](CNS(C)(=O)=O)C1)c1ccccc1. The molecular weight excluding hydrogens is 316 g/mol. The molecule has 0 aromatic heterocycles. The number of benzene rings is 1. The van der Waals surface area contributed by atoms with Crippen molar-refractivity contribution in [2.45, 2.75) is 18.9 Å². The number of piperidine rings is 1. The van der Waals surface area contributed by atoms with Crippen molar-refractivity contribution in [3.05, 3.63) is 35.9 Å². The molecule has 6 nitrogen and oxygen atoms in total. The van der Waals surface area contributed by atoms with Crippen molar-refractivity contribution in [1.29, 1.82) is 0 Å². The number of likely N-dealkylation sites (tertiary alicyclic amines) is 1. The van der Waals surface area contributed by atoms with E-state index < -0.39 is 16.1 Å². The lowest BCUT2D eigenvalue weighted by Crippen LogP contribution is -2.45. The van der Waals surface area contributed by atoms with E-state index >= 15 is 0 Å². The summed E-state index contributed by atoms with van der Waals surface area (Å²) in [5.74, 6) is 0.0680. The number of methoxy groups -OCH3 is 1. The van der Waals surface area contributed by atoms with Gasteiger partial charge in [-0.1, -0.05) is 30.3 Å². The molecule has 1 amide bonds. The van der Waals surface area contributed by atoms with Crippen molar-refractivity contribution in [1.82, 2.24) is 9.62 Å². The first kappa shape index (κ1) is 17.9. The highest BCUT2D eigenvalue weighted by Crippen LogP contribution is 2.23. The Bertz CT molecular complexity index is 618. The van der Waals surface area contributed by atoms with Gasteiger partial charge in [-0.05, 0) is 24.3 Å². The Morgan fingerprint density at radius 1 is 1.39 bits per heavy atom. The van der Waals surface area contributed by atoms with Crippen LogP contribution >= 0.6 is 0 Å². The zero-order valence-corrected chi connectivity index (χ0v) is 14.4. The van der Waals surface area contributed by atoms with E-state index in [4.69, 9.17) is 4.74 Å². The first-order valence-corrected chi connectivity index (χ1v) is 9.61. The molecule has 1 aromatic rings. The third-order valence-corrected chi connectivity index (χ3v) is 4.72. The van der Waals surface area contributed by atoms with E-state index in [9.17, 15) is 13.2 Å². The van der Waals surface area contributed by atoms with Crippen molar-refractivity contribution in [2.24, 2.45) is 5.92 Å². The van der Waals surface area contributed by atoms with Gasteiger partial charge in [-0.3, -0.25) is 4.79 Å². The van der Waals surface area contributed by atoms with Gasteiger partial charge in [0, 0.05) is 26.7 Å². The molecule has 7 heteroatoms. The molecule has 0 unspecified atom stereocenters. The van der Waals surface area contributed by atoms with E-state index in [1.165, 1.54) is 7.11 Å². The largest absolute Gasteiger partial charge is 0.367 e. The Hall–Kier alpha value is -1.44. The highest BCUT2D eigenvalue weighted by molar-refractivity contribution is 7.88. The van der Waals surface area contributed by atoms with E-state index in [-0.39, 0.29) is 11.8 Å². The summed E-state index contributed by atoms with van der Waals surface area (Å²) < 4.78 is 30.4. The molecular formula is C16H24N2O4S. The zero-order valence-electron chi connectivity index (χ0n) is 13.6. The molecule has 23 heavy (non-hydrogen) atoms. The van der Waals surface area contributed by atoms with E-state index in [1.54, 1.807) is 4.90 Å². The predicted molar refractivity (Wildman–Crippen MR) is 88.3 cm³/mol. The van der Waals surface area contributed by atoms with Crippen LogP contribution in [-0.2, 0) is 19.6 Å². The molecule has 0 radical (unpaired) electrons. The van der Waals surface area contributed by atoms with Gasteiger partial charge in [-0.25, -0.2) is 13.1 Å². The van der Waals surface area contributed by atoms with Gasteiger partial charge in [0.2, 0.25) is 10.0 Å². The number of ether oxygens (including phenoxy) is 1. The van der Waals surface area contributed by atoms with Gasteiger partial charge in [0.05, 0.1) is 6.26 Å². The third kappa shape index (κ3) is 5.30. The zero-order chi connectivity index (χ0) is 16.9. The Kier molecular flexibility index (Phi) is 6.15. The summed E-state index contributed by atoms with van der Waals surface area (Å²) in [4.78, 5) is 14.5. The lowest BCUT2D eigenvalue weighted by Gasteiger charge is -2.34. The topological polar surface area (TPSA) is 75.7 Å². The van der Waals surface area contributed by atoms with Crippen LogP contribution in [0.4, 0.5) is 0 Å². The number of carbonyl (C=O) groups is 1. The van der Waals surface area contributed by atoms with Gasteiger partial charge in [-0.2, -0.15) is 0 Å². The maximum absolute atomic E-state index is 12.7. The van der Waals surface area contributed by atoms with Crippen LogP contribution in [0.5, 0.6) is 0 Å². The summed E-state index contributed by atoms with van der Waals surface area (Å²) in [6.45, 7) is 1.60. The molecule has 1 heterocycles. The van der Waals surface area contributed by atoms with Gasteiger partial charge in [0.1, 0.15) is 0 Å². The van der Waals surface area contributed by atoms with Crippen molar-refractivity contribution in [3.8, 4) is 0 Å². The molecule has 1 aliphatic rings. The molecule has 0 aliphatic carbocycles. The molecule has 0 saturated carbocycles. The summed E-state index contributed by atoms with van der Waals surface area (Å²) in [6.07, 6.45) is 2.31. The monoisotopic (exact) mass is 340 g/mol. The maximum atomic E-state index is 12.7. The Morgan fingerprint density at radius 2 is 2.09 bits per heavy atom. The Labute approximate surface area is 137 Å². The van der Waals surface area contributed by atoms with E-state index in [2.05, 4.69) is 4.72 Å². The second-order valence-electron chi connectivity index (χ2n) is 5.94. The molecule has 1 N–H and O–H groups in total. The summed E-state index contributed by atoms with van der Waals surface area (Å²) in [5, 5.41) is 0. The fourth-order valence-corrected chi connectivity index (χ4v) is 3.41. The lowest BCUT2D eigenvalue weighted by atomic mass is 9.97. The summed E-state index contributed by atoms with van der Waals surface area (Å²) in [5.41, 5.74) is 0.830. The van der Waals surface area contributed by atoms with Crippen LogP contribution in [0.25, 0.3) is 0 Å². The Balaban J connectivity index is 2.00. The molecule has 1 aliphatic heterocycles. The van der Waals surface area contributed by atoms with Crippen molar-refractivity contribution >= 4 is 15.9 Å². The lowest BCUT2D eigenvalue weighted by molar-refractivity contribution is -0.144. The maximum Gasteiger partial charge on any atom is 0.256 e. The van der Waals surface area contributed by atoms with Crippen LogP contribution in [0.2, 0.25) is 0 Å². The first-order chi connectivity index (χ1) is 10.9. The van der Waals surface area contributed by atoms with Crippen molar-refractivity contribution in [2.75, 3.05) is 33.0 Å². The number of hydrogen-bond donors (Lipinski definition) is 1. The van der Waals surface area contributed by atoms with Crippen molar-refractivity contribution < 1.29 is 17.9 Å². The number of rotatable bonds is 6. The average Bonchev–Trinajstić information content (AvgIpc) is 2.54. The Morgan fingerprint density at radius 3 is 2.70 bits per heavy atom. The van der Waals surface area contributed by atoms with Gasteiger partial charge in [0.15, 0.2) is 6.10 Å². The second kappa shape index (κ2) is 7.90. The standard InChI is InChI=1S/C16H24N2O4S/c1-22-15(14-8-4-3-5-9-14)16(19)18-10-6-7-13(12-18)11-17-23(2,20)21/h3-5,8-9,13,15,17H,6-7,10-12H2,1-2H3/t13-,15-/m1/s1. The van der Waals surface area contributed by atoms with Crippen LogP contribution < -0.4 is 4.72 Å². The molecule has 0 bridgehead atoms. The van der Waals surface area contributed by atoms with Crippen LogP contribution in [0.1, 0.15) is 24.5 Å². The molecule has 1 fully saturated rings.